The number of nitrogens with one attached hydrogen (secondary N) is 2. The number of aliphatic hydroxyl groups is 1. The van der Waals surface area contributed by atoms with Crippen molar-refractivity contribution in [2.24, 2.45) is 17.4 Å². The summed E-state index contributed by atoms with van der Waals surface area (Å²) >= 11 is 4.15. The van der Waals surface area contributed by atoms with E-state index in [4.69, 9.17) is 30.8 Å². The van der Waals surface area contributed by atoms with Gasteiger partial charge in [0.05, 0.1) is 0 Å². The standard InChI is InChI=1S/C13H29N3O2.C12H15FN2O.C7H8S.C2H4O.CH4O/c1-11(9-15-6)10-16(8-7-14-5)12(17)18-13(2,3)4;1-9-4-11(13)6-12(5-9)16-8-10(7-15)2-3-14;1-6-3-2-4-7(8)5-6;1-2-3;1-2/h11,14-15H,7-10H2,1-6H3;2-7H,8,14-15H2,1H3;2-5,8H,1H3;2H,1H3;2H,1H3/b;3-2-,10-7+;;;. The zero-order valence-corrected chi connectivity index (χ0v) is 30.9. The van der Waals surface area contributed by atoms with E-state index in [2.05, 4.69) is 43.2 Å². The third-order valence-corrected chi connectivity index (χ3v) is 5.59. The lowest BCUT2D eigenvalue weighted by molar-refractivity contribution is -0.106. The Morgan fingerprint density at radius 2 is 1.70 bits per heavy atom. The number of halogens is 1. The molecule has 0 aliphatic heterocycles. The van der Waals surface area contributed by atoms with Crippen LogP contribution in [0.3, 0.4) is 0 Å². The second kappa shape index (κ2) is 29.8. The zero-order valence-electron chi connectivity index (χ0n) is 30.0. The highest BCUT2D eigenvalue weighted by Crippen LogP contribution is 2.16. The van der Waals surface area contributed by atoms with Gasteiger partial charge in [0.2, 0.25) is 0 Å². The van der Waals surface area contributed by atoms with E-state index in [1.54, 1.807) is 24.0 Å². The smallest absolute Gasteiger partial charge is 0.410 e. The van der Waals surface area contributed by atoms with Crippen LogP contribution in [0.25, 0.3) is 0 Å². The molecule has 0 heterocycles. The SMILES string of the molecule is CC=O.CNCCN(CC(C)CNC)C(=O)OC(C)(C)C.CO.Cc1cc(F)cc(OCC(/C=C\N)=C/N)c1.Cc1cccc(S)c1. The van der Waals surface area contributed by atoms with Gasteiger partial charge in [-0.25, -0.2) is 9.18 Å². The van der Waals surface area contributed by atoms with Crippen LogP contribution in [-0.4, -0.2) is 82.0 Å². The number of likely N-dealkylation sites (N-methyl/N-ethyl adjacent to an activating group) is 1. The van der Waals surface area contributed by atoms with E-state index in [9.17, 15) is 9.18 Å². The predicted octanol–water partition coefficient (Wildman–Crippen LogP) is 5.22. The van der Waals surface area contributed by atoms with Gasteiger partial charge in [-0.05, 0) is 110 Å². The normalized spacial score (nSPS) is 11.1. The summed E-state index contributed by atoms with van der Waals surface area (Å²) in [5.41, 5.74) is 12.9. The summed E-state index contributed by atoms with van der Waals surface area (Å²) in [5.74, 6) is 0.560. The molecule has 0 saturated carbocycles. The maximum Gasteiger partial charge on any atom is 0.410 e. The summed E-state index contributed by atoms with van der Waals surface area (Å²) in [6, 6.07) is 12.6. The molecule has 2 rings (SSSR count). The summed E-state index contributed by atoms with van der Waals surface area (Å²) < 4.78 is 23.8. The van der Waals surface area contributed by atoms with Crippen LogP contribution in [0.4, 0.5) is 9.18 Å². The lowest BCUT2D eigenvalue weighted by Crippen LogP contribution is -2.43. The second-order valence-electron chi connectivity index (χ2n) is 11.1. The van der Waals surface area contributed by atoms with E-state index >= 15 is 0 Å². The molecular weight excluding hydrogens is 621 g/mol. The Hall–Kier alpha value is -3.58. The average molecular weight is 682 g/mol. The summed E-state index contributed by atoms with van der Waals surface area (Å²) in [5, 5.41) is 13.2. The van der Waals surface area contributed by atoms with Gasteiger partial charge in [0.15, 0.2) is 0 Å². The number of benzene rings is 2. The Labute approximate surface area is 288 Å². The molecule has 0 spiro atoms. The first kappa shape index (κ1) is 47.8. The molecule has 7 N–H and O–H groups in total. The molecule has 2 aromatic rings. The first-order chi connectivity index (χ1) is 22.2. The van der Waals surface area contributed by atoms with Crippen LogP contribution in [-0.2, 0) is 9.53 Å². The molecule has 1 amide bonds. The highest BCUT2D eigenvalue weighted by atomic mass is 32.1. The fraction of sp³-hybridized carbons (Fsp3) is 0.486. The third kappa shape index (κ3) is 29.6. The van der Waals surface area contributed by atoms with Gasteiger partial charge in [0.25, 0.3) is 0 Å². The topological polar surface area (TPSA) is 152 Å². The van der Waals surface area contributed by atoms with Crippen LogP contribution in [0.1, 0.15) is 45.7 Å². The molecule has 0 aliphatic rings. The van der Waals surface area contributed by atoms with Crippen molar-refractivity contribution in [3.8, 4) is 5.75 Å². The Morgan fingerprint density at radius 3 is 2.13 bits per heavy atom. The number of aryl methyl sites for hydroxylation is 2. The minimum Gasteiger partial charge on any atom is -0.489 e. The van der Waals surface area contributed by atoms with Crippen LogP contribution in [0.5, 0.6) is 5.75 Å². The molecule has 1 unspecified atom stereocenters. The minimum absolute atomic E-state index is 0.235. The number of hydrogen-bond acceptors (Lipinski definition) is 10. The molecule has 0 radical (unpaired) electrons. The largest absolute Gasteiger partial charge is 0.489 e. The van der Waals surface area contributed by atoms with Crippen molar-refractivity contribution in [1.82, 2.24) is 15.5 Å². The maximum atomic E-state index is 13.0. The number of hydrogen-bond donors (Lipinski definition) is 6. The molecule has 2 aromatic carbocycles. The summed E-state index contributed by atoms with van der Waals surface area (Å²) in [7, 11) is 4.80. The summed E-state index contributed by atoms with van der Waals surface area (Å²) in [6.07, 6.45) is 4.92. The monoisotopic (exact) mass is 681 g/mol. The Bertz CT molecular complexity index is 1120. The summed E-state index contributed by atoms with van der Waals surface area (Å²) in [6.45, 7) is 16.4. The fourth-order valence-corrected chi connectivity index (χ4v) is 3.77. The van der Waals surface area contributed by atoms with Gasteiger partial charge in [-0.1, -0.05) is 24.6 Å². The number of carbonyl (C=O) groups is 2. The maximum absolute atomic E-state index is 13.0. The van der Waals surface area contributed by atoms with Gasteiger partial charge in [0, 0.05) is 49.5 Å². The number of aldehydes is 1. The lowest BCUT2D eigenvalue weighted by atomic mass is 10.1. The molecule has 0 bridgehead atoms. The van der Waals surface area contributed by atoms with Crippen LogP contribution >= 0.6 is 12.6 Å². The van der Waals surface area contributed by atoms with Gasteiger partial charge < -0.3 is 46.4 Å². The highest BCUT2D eigenvalue weighted by molar-refractivity contribution is 7.80. The second-order valence-corrected chi connectivity index (χ2v) is 11.6. The third-order valence-electron chi connectivity index (χ3n) is 5.32. The van der Waals surface area contributed by atoms with Crippen molar-refractivity contribution in [2.75, 3.05) is 54.0 Å². The quantitative estimate of drug-likeness (QED) is 0.107. The van der Waals surface area contributed by atoms with E-state index < -0.39 is 5.60 Å². The van der Waals surface area contributed by atoms with Crippen LogP contribution in [0, 0.1) is 25.6 Å². The van der Waals surface area contributed by atoms with Crippen molar-refractivity contribution in [3.63, 3.8) is 0 Å². The lowest BCUT2D eigenvalue weighted by Gasteiger charge is -2.29. The fourth-order valence-electron chi connectivity index (χ4n) is 3.48. The first-order valence-corrected chi connectivity index (χ1v) is 15.7. The van der Waals surface area contributed by atoms with E-state index in [1.807, 2.05) is 53.1 Å². The van der Waals surface area contributed by atoms with E-state index in [1.165, 1.54) is 37.0 Å². The predicted molar refractivity (Wildman–Crippen MR) is 195 cm³/mol. The van der Waals surface area contributed by atoms with E-state index in [0.29, 0.717) is 24.8 Å². The van der Waals surface area contributed by atoms with E-state index in [0.717, 1.165) is 42.5 Å². The number of carbonyl (C=O) groups excluding carboxylic acids is 2. The molecule has 268 valence electrons. The van der Waals surface area contributed by atoms with E-state index in [-0.39, 0.29) is 18.5 Å². The molecule has 0 aliphatic carbocycles. The minimum atomic E-state index is -0.443. The van der Waals surface area contributed by atoms with Gasteiger partial charge >= 0.3 is 6.09 Å². The zero-order chi connectivity index (χ0) is 36.8. The molecular formula is C35H60FN5O5S. The number of ether oxygens (including phenoxy) is 2. The Morgan fingerprint density at radius 1 is 1.09 bits per heavy atom. The molecule has 0 fully saturated rings. The molecule has 47 heavy (non-hydrogen) atoms. The number of nitrogens with two attached hydrogens (primary N) is 2. The molecule has 0 aromatic heterocycles. The van der Waals surface area contributed by atoms with Crippen LogP contribution < -0.4 is 26.8 Å². The highest BCUT2D eigenvalue weighted by Gasteiger charge is 2.22. The Balaban J connectivity index is -0.000000605. The van der Waals surface area contributed by atoms with Gasteiger partial charge in [-0.15, -0.1) is 12.6 Å². The van der Waals surface area contributed by atoms with Gasteiger partial charge in [-0.3, -0.25) is 0 Å². The van der Waals surface area contributed by atoms with Crippen molar-refractivity contribution < 1.29 is 28.6 Å². The number of aliphatic hydroxyl groups excluding tert-OH is 1. The first-order valence-electron chi connectivity index (χ1n) is 15.2. The van der Waals surface area contributed by atoms with Gasteiger partial charge in [0.1, 0.15) is 30.1 Å². The number of thiol groups is 1. The molecule has 1 atom stereocenters. The Kier molecular flexibility index (Phi) is 30.3. The summed E-state index contributed by atoms with van der Waals surface area (Å²) in [4.78, 5) is 23.7. The van der Waals surface area contributed by atoms with Crippen molar-refractivity contribution in [1.29, 1.82) is 0 Å². The molecule has 10 nitrogen and oxygen atoms in total. The molecule has 12 heteroatoms. The van der Waals surface area contributed by atoms with Crippen molar-refractivity contribution >= 4 is 25.0 Å². The average Bonchev–Trinajstić information content (AvgIpc) is 2.98. The van der Waals surface area contributed by atoms with Crippen LogP contribution in [0.15, 0.2) is 71.4 Å². The number of amides is 1. The van der Waals surface area contributed by atoms with Crippen molar-refractivity contribution in [3.05, 3.63) is 83.5 Å². The van der Waals surface area contributed by atoms with Crippen LogP contribution in [0.2, 0.25) is 0 Å². The number of rotatable bonds is 11. The van der Waals surface area contributed by atoms with Gasteiger partial charge in [-0.2, -0.15) is 0 Å². The van der Waals surface area contributed by atoms with Crippen molar-refractivity contribution in [2.45, 2.75) is 59.0 Å². The number of nitrogens with zero attached hydrogens (tertiary/aromatic N) is 1. The molecule has 0 saturated heterocycles.